The second kappa shape index (κ2) is 5.38. The van der Waals surface area contributed by atoms with Gasteiger partial charge in [0.2, 0.25) is 0 Å². The summed E-state index contributed by atoms with van der Waals surface area (Å²) in [5.41, 5.74) is 1.09. The second-order valence-electron chi connectivity index (χ2n) is 7.23. The maximum atomic E-state index is 12.3. The van der Waals surface area contributed by atoms with Gasteiger partial charge in [-0.05, 0) is 29.4 Å². The summed E-state index contributed by atoms with van der Waals surface area (Å²) in [6, 6.07) is 3.66. The van der Waals surface area contributed by atoms with Gasteiger partial charge in [-0.15, -0.1) is 0 Å². The lowest BCUT2D eigenvalue weighted by Crippen LogP contribution is -2.53. The summed E-state index contributed by atoms with van der Waals surface area (Å²) < 4.78 is 0. The number of hydrogen-bond donors (Lipinski definition) is 1. The molecule has 1 aliphatic heterocycles. The fourth-order valence-electron chi connectivity index (χ4n) is 3.35. The average Bonchev–Trinajstić information content (AvgIpc) is 2.33. The molecule has 0 radical (unpaired) electrons. The van der Waals surface area contributed by atoms with E-state index in [2.05, 4.69) is 43.2 Å². The molecule has 20 heavy (non-hydrogen) atoms. The summed E-state index contributed by atoms with van der Waals surface area (Å²) in [6.45, 7) is 10.9. The molecule has 5 nitrogen and oxygen atoms in total. The van der Waals surface area contributed by atoms with Crippen LogP contribution in [0.1, 0.15) is 39.8 Å². The van der Waals surface area contributed by atoms with Crippen LogP contribution in [0.4, 0.5) is 4.79 Å². The van der Waals surface area contributed by atoms with Crippen molar-refractivity contribution in [2.45, 2.75) is 40.7 Å². The van der Waals surface area contributed by atoms with E-state index in [1.807, 2.05) is 17.0 Å². The number of carbonyl (C=O) groups is 1. The number of nitrogens with one attached hydrogen (secondary N) is 1. The van der Waals surface area contributed by atoms with Crippen molar-refractivity contribution in [3.8, 4) is 0 Å². The molecule has 0 atom stereocenters. The molecule has 0 spiro atoms. The third-order valence-corrected chi connectivity index (χ3v) is 3.53. The fourth-order valence-corrected chi connectivity index (χ4v) is 3.35. The first kappa shape index (κ1) is 14.8. The zero-order chi connectivity index (χ0) is 14.8. The Balaban J connectivity index is 1.95. The fraction of sp³-hybridized carbons (Fsp3) is 0.667. The summed E-state index contributed by atoms with van der Waals surface area (Å²) in [5.74, 6) is 0. The van der Waals surface area contributed by atoms with Crippen LogP contribution in [0.15, 0.2) is 18.3 Å². The molecule has 0 saturated carbocycles. The van der Waals surface area contributed by atoms with Crippen LogP contribution in [-0.2, 0) is 6.54 Å². The van der Waals surface area contributed by atoms with Gasteiger partial charge in [0, 0.05) is 19.3 Å². The van der Waals surface area contributed by atoms with E-state index in [1.165, 1.54) is 0 Å². The first-order valence-corrected chi connectivity index (χ1v) is 7.07. The van der Waals surface area contributed by atoms with Gasteiger partial charge in [-0.2, -0.15) is 10.2 Å². The van der Waals surface area contributed by atoms with Gasteiger partial charge < -0.3 is 10.2 Å². The van der Waals surface area contributed by atoms with Crippen molar-refractivity contribution in [1.29, 1.82) is 0 Å². The summed E-state index contributed by atoms with van der Waals surface area (Å²) in [7, 11) is 0. The molecule has 1 N–H and O–H groups in total. The number of carbonyl (C=O) groups excluding carboxylic acids is 1. The summed E-state index contributed by atoms with van der Waals surface area (Å²) >= 11 is 0. The number of urea groups is 1. The molecule has 1 aromatic rings. The first-order valence-electron chi connectivity index (χ1n) is 7.07. The van der Waals surface area contributed by atoms with Gasteiger partial charge in [0.1, 0.15) is 0 Å². The first-order chi connectivity index (χ1) is 9.27. The van der Waals surface area contributed by atoms with E-state index in [4.69, 9.17) is 0 Å². The molecule has 2 rings (SSSR count). The standard InChI is InChI=1S/C15H24N4O/c1-14(2)9-15(3,4)11-19(10-14)13(20)16-8-12-6-5-7-17-18-12/h5-7H,8-11H2,1-4H3,(H,16,20). The lowest BCUT2D eigenvalue weighted by atomic mass is 9.71. The molecule has 5 heteroatoms. The van der Waals surface area contributed by atoms with Gasteiger partial charge in [0.15, 0.2) is 0 Å². The topological polar surface area (TPSA) is 58.1 Å². The van der Waals surface area contributed by atoms with Gasteiger partial charge in [-0.1, -0.05) is 27.7 Å². The Morgan fingerprint density at radius 1 is 1.30 bits per heavy atom. The van der Waals surface area contributed by atoms with Crippen molar-refractivity contribution in [3.05, 3.63) is 24.0 Å². The van der Waals surface area contributed by atoms with Gasteiger partial charge in [-0.25, -0.2) is 4.79 Å². The van der Waals surface area contributed by atoms with Crippen molar-refractivity contribution in [3.63, 3.8) is 0 Å². The second-order valence-corrected chi connectivity index (χ2v) is 7.23. The smallest absolute Gasteiger partial charge is 0.317 e. The maximum Gasteiger partial charge on any atom is 0.317 e. The Labute approximate surface area is 120 Å². The Morgan fingerprint density at radius 2 is 1.95 bits per heavy atom. The van der Waals surface area contributed by atoms with Crippen molar-refractivity contribution >= 4 is 6.03 Å². The van der Waals surface area contributed by atoms with E-state index in [0.717, 1.165) is 25.2 Å². The van der Waals surface area contributed by atoms with Gasteiger partial charge in [-0.3, -0.25) is 0 Å². The van der Waals surface area contributed by atoms with Crippen LogP contribution < -0.4 is 5.32 Å². The predicted molar refractivity (Wildman–Crippen MR) is 78.0 cm³/mol. The van der Waals surface area contributed by atoms with Gasteiger partial charge in [0.05, 0.1) is 12.2 Å². The van der Waals surface area contributed by atoms with Crippen LogP contribution in [0.25, 0.3) is 0 Å². The van der Waals surface area contributed by atoms with E-state index >= 15 is 0 Å². The average molecular weight is 276 g/mol. The van der Waals surface area contributed by atoms with E-state index < -0.39 is 0 Å². The van der Waals surface area contributed by atoms with Crippen LogP contribution >= 0.6 is 0 Å². The molecule has 110 valence electrons. The third kappa shape index (κ3) is 3.92. The highest BCUT2D eigenvalue weighted by molar-refractivity contribution is 5.74. The molecule has 1 aromatic heterocycles. The molecular formula is C15H24N4O. The highest BCUT2D eigenvalue weighted by atomic mass is 16.2. The molecule has 0 bridgehead atoms. The van der Waals surface area contributed by atoms with E-state index in [1.54, 1.807) is 6.20 Å². The minimum Gasteiger partial charge on any atom is -0.332 e. The van der Waals surface area contributed by atoms with Gasteiger partial charge in [0.25, 0.3) is 0 Å². The summed E-state index contributed by atoms with van der Waals surface area (Å²) in [5, 5.41) is 10.7. The van der Waals surface area contributed by atoms with Crippen molar-refractivity contribution in [2.24, 2.45) is 10.8 Å². The number of hydrogen-bond acceptors (Lipinski definition) is 3. The Morgan fingerprint density at radius 3 is 2.50 bits per heavy atom. The van der Waals surface area contributed by atoms with E-state index in [0.29, 0.717) is 6.54 Å². The van der Waals surface area contributed by atoms with Crippen LogP contribution in [-0.4, -0.2) is 34.2 Å². The SMILES string of the molecule is CC1(C)CN(C(=O)NCc2cccnn2)CC(C)(C)C1. The van der Waals surface area contributed by atoms with Gasteiger partial charge >= 0.3 is 6.03 Å². The number of amides is 2. The zero-order valence-electron chi connectivity index (χ0n) is 12.8. The molecule has 0 unspecified atom stereocenters. The number of nitrogens with zero attached hydrogens (tertiary/aromatic N) is 3. The van der Waals surface area contributed by atoms with Crippen molar-refractivity contribution < 1.29 is 4.79 Å². The predicted octanol–water partition coefficient (Wildman–Crippen LogP) is 2.44. The van der Waals surface area contributed by atoms with Crippen molar-refractivity contribution in [2.75, 3.05) is 13.1 Å². The summed E-state index contributed by atoms with van der Waals surface area (Å²) in [4.78, 5) is 14.2. The highest BCUT2D eigenvalue weighted by Gasteiger charge is 2.39. The minimum atomic E-state index is -0.0171. The Bertz CT molecular complexity index is 454. The van der Waals surface area contributed by atoms with Crippen LogP contribution in [0.2, 0.25) is 0 Å². The normalized spacial score (nSPS) is 20.5. The Kier molecular flexibility index (Phi) is 3.97. The largest absolute Gasteiger partial charge is 0.332 e. The molecule has 1 saturated heterocycles. The zero-order valence-corrected chi connectivity index (χ0v) is 12.8. The lowest BCUT2D eigenvalue weighted by molar-refractivity contribution is 0.0487. The van der Waals surface area contributed by atoms with Crippen molar-refractivity contribution in [1.82, 2.24) is 20.4 Å². The summed E-state index contributed by atoms with van der Waals surface area (Å²) in [6.07, 6.45) is 2.76. The minimum absolute atomic E-state index is 0.0171. The van der Waals surface area contributed by atoms with Crippen LogP contribution in [0, 0.1) is 10.8 Å². The van der Waals surface area contributed by atoms with E-state index in [9.17, 15) is 4.79 Å². The lowest BCUT2D eigenvalue weighted by Gasteiger charge is -2.46. The number of rotatable bonds is 2. The molecule has 1 aliphatic rings. The monoisotopic (exact) mass is 276 g/mol. The number of piperidine rings is 1. The molecule has 2 heterocycles. The molecule has 0 aliphatic carbocycles. The number of aromatic nitrogens is 2. The molecule has 1 fully saturated rings. The molecule has 2 amide bonds. The highest BCUT2D eigenvalue weighted by Crippen LogP contribution is 2.39. The maximum absolute atomic E-state index is 12.3. The molecular weight excluding hydrogens is 252 g/mol. The quantitative estimate of drug-likeness (QED) is 0.902. The van der Waals surface area contributed by atoms with E-state index in [-0.39, 0.29) is 16.9 Å². The number of likely N-dealkylation sites (tertiary alicyclic amines) is 1. The Hall–Kier alpha value is -1.65. The van der Waals surface area contributed by atoms with Crippen LogP contribution in [0.5, 0.6) is 0 Å². The third-order valence-electron chi connectivity index (χ3n) is 3.53. The molecule has 0 aromatic carbocycles. The van der Waals surface area contributed by atoms with Crippen LogP contribution in [0.3, 0.4) is 0 Å².